The summed E-state index contributed by atoms with van der Waals surface area (Å²) < 4.78 is 6.57. The third-order valence-corrected chi connectivity index (χ3v) is 5.03. The summed E-state index contributed by atoms with van der Waals surface area (Å²) in [6.45, 7) is 3.67. The molecule has 0 fully saturated rings. The molecule has 1 aromatic heterocycles. The molecule has 0 saturated carbocycles. The predicted octanol–water partition coefficient (Wildman–Crippen LogP) is 4.66. The van der Waals surface area contributed by atoms with Crippen LogP contribution in [-0.4, -0.2) is 28.1 Å². The lowest BCUT2D eigenvalue weighted by Gasteiger charge is -2.24. The zero-order valence-electron chi connectivity index (χ0n) is 16.1. The third-order valence-electron chi connectivity index (χ3n) is 3.72. The minimum atomic E-state index is -0.760. The van der Waals surface area contributed by atoms with Crippen LogP contribution in [0, 0.1) is 23.2 Å². The van der Waals surface area contributed by atoms with Gasteiger partial charge in [0.05, 0.1) is 21.6 Å². The Hall–Kier alpha value is -2.22. The normalized spacial score (nSPS) is 11.8. The largest absolute Gasteiger partial charge is 0.452 e. The first kappa shape index (κ1) is 22.1. The number of nitriles is 1. The maximum atomic E-state index is 12.7. The zero-order valence-corrected chi connectivity index (χ0v) is 18.5. The van der Waals surface area contributed by atoms with E-state index in [9.17, 15) is 4.79 Å². The Morgan fingerprint density at radius 1 is 1.39 bits per heavy atom. The number of rotatable bonds is 7. The van der Waals surface area contributed by atoms with Crippen molar-refractivity contribution in [3.63, 3.8) is 0 Å². The van der Waals surface area contributed by atoms with Crippen molar-refractivity contribution in [3.05, 3.63) is 34.8 Å². The number of para-hydroxylation sites is 1. The number of pyridine rings is 1. The zero-order chi connectivity index (χ0) is 20.6. The first-order valence-electron chi connectivity index (χ1n) is 8.80. The van der Waals surface area contributed by atoms with E-state index in [-0.39, 0.29) is 5.91 Å². The van der Waals surface area contributed by atoms with Gasteiger partial charge in [-0.3, -0.25) is 4.79 Å². The molecule has 0 aliphatic carbocycles. The van der Waals surface area contributed by atoms with Crippen LogP contribution in [0.5, 0.6) is 5.88 Å². The number of amides is 1. The van der Waals surface area contributed by atoms with E-state index >= 15 is 0 Å². The van der Waals surface area contributed by atoms with E-state index in [4.69, 9.17) is 10.00 Å². The number of ether oxygens (including phenoxy) is 1. The number of aromatic nitrogens is 1. The second-order valence-electron chi connectivity index (χ2n) is 6.58. The third kappa shape index (κ3) is 6.44. The summed E-state index contributed by atoms with van der Waals surface area (Å²) in [7, 11) is 0. The van der Waals surface area contributed by atoms with Gasteiger partial charge in [-0.15, -0.1) is 17.7 Å². The van der Waals surface area contributed by atoms with Crippen LogP contribution in [0.15, 0.2) is 34.8 Å². The second-order valence-corrected chi connectivity index (χ2v) is 8.34. The number of hydrogen-bond donors (Lipinski definition) is 1. The van der Waals surface area contributed by atoms with E-state index in [0.29, 0.717) is 23.2 Å². The van der Waals surface area contributed by atoms with E-state index in [1.807, 2.05) is 44.2 Å². The number of thioether (sulfide) groups is 1. The Kier molecular flexibility index (Phi) is 8.17. The fraction of sp³-hybridized carbons (Fsp3) is 0.381. The molecule has 0 aliphatic rings. The fourth-order valence-electron chi connectivity index (χ4n) is 2.40. The van der Waals surface area contributed by atoms with Crippen molar-refractivity contribution in [2.75, 3.05) is 6.26 Å². The molecule has 1 N–H and O–H groups in total. The molecule has 0 saturated heterocycles. The first-order chi connectivity index (χ1) is 13.4. The molecule has 0 aliphatic heterocycles. The standard InChI is InChI=1S/C21H22BrN3O2S/c1-21(2,12-8-4-5-9-13-23)25-18(26)20(28-3)27-19-16(22)14-15-10-6-7-11-17(15)24-19/h6-7,10-11,14,20H,4-5,9H2,1-3H3,(H,25,26). The van der Waals surface area contributed by atoms with Crippen LogP contribution in [0.4, 0.5) is 0 Å². The number of halogens is 1. The average Bonchev–Trinajstić information content (AvgIpc) is 2.65. The molecule has 2 aromatic rings. The lowest BCUT2D eigenvalue weighted by Crippen LogP contribution is -2.47. The van der Waals surface area contributed by atoms with Crippen molar-refractivity contribution >= 4 is 44.5 Å². The van der Waals surface area contributed by atoms with Crippen LogP contribution in [0.1, 0.15) is 33.1 Å². The van der Waals surface area contributed by atoms with Gasteiger partial charge >= 0.3 is 0 Å². The lowest BCUT2D eigenvalue weighted by atomic mass is 10.1. The van der Waals surface area contributed by atoms with Crippen LogP contribution in [0.3, 0.4) is 0 Å². The lowest BCUT2D eigenvalue weighted by molar-refractivity contribution is -0.125. The summed E-state index contributed by atoms with van der Waals surface area (Å²) in [5.74, 6) is 6.16. The molecule has 1 heterocycles. The molecule has 7 heteroatoms. The summed E-state index contributed by atoms with van der Waals surface area (Å²) in [5, 5.41) is 12.4. The van der Waals surface area contributed by atoms with Crippen LogP contribution in [-0.2, 0) is 4.79 Å². The van der Waals surface area contributed by atoms with Crippen LogP contribution < -0.4 is 10.1 Å². The Balaban J connectivity index is 2.07. The molecule has 0 radical (unpaired) electrons. The number of hydrogen-bond acceptors (Lipinski definition) is 5. The highest BCUT2D eigenvalue weighted by Gasteiger charge is 2.26. The van der Waals surface area contributed by atoms with E-state index in [2.05, 4.69) is 44.1 Å². The quantitative estimate of drug-likeness (QED) is 0.370. The fourth-order valence-corrected chi connectivity index (χ4v) is 3.29. The molecule has 5 nitrogen and oxygen atoms in total. The maximum absolute atomic E-state index is 12.7. The summed E-state index contributed by atoms with van der Waals surface area (Å²) in [5.41, 5.74) is -0.663. The number of benzene rings is 1. The smallest absolute Gasteiger partial charge is 0.272 e. The van der Waals surface area contributed by atoms with Gasteiger partial charge < -0.3 is 10.1 Å². The minimum Gasteiger partial charge on any atom is -0.452 e. The molecule has 0 bridgehead atoms. The van der Waals surface area contributed by atoms with Crippen molar-refractivity contribution in [3.8, 4) is 23.8 Å². The molecule has 1 amide bonds. The minimum absolute atomic E-state index is 0.273. The highest BCUT2D eigenvalue weighted by Crippen LogP contribution is 2.29. The number of nitrogens with one attached hydrogen (secondary N) is 1. The van der Waals surface area contributed by atoms with Crippen molar-refractivity contribution in [1.29, 1.82) is 5.26 Å². The topological polar surface area (TPSA) is 75.0 Å². The second kappa shape index (κ2) is 10.4. The molecule has 1 aromatic carbocycles. The van der Waals surface area contributed by atoms with Gasteiger partial charge in [-0.1, -0.05) is 24.1 Å². The Labute approximate surface area is 178 Å². The highest BCUT2D eigenvalue weighted by atomic mass is 79.9. The van der Waals surface area contributed by atoms with Crippen LogP contribution >= 0.6 is 27.7 Å². The van der Waals surface area contributed by atoms with Gasteiger partial charge in [0.25, 0.3) is 5.91 Å². The van der Waals surface area contributed by atoms with E-state index in [1.54, 1.807) is 6.26 Å². The van der Waals surface area contributed by atoms with Crippen LogP contribution in [0.2, 0.25) is 0 Å². The Bertz CT molecular complexity index is 944. The summed E-state index contributed by atoms with van der Waals surface area (Å²) in [6, 6.07) is 11.7. The first-order valence-corrected chi connectivity index (χ1v) is 10.9. The van der Waals surface area contributed by atoms with Gasteiger partial charge in [-0.05, 0) is 54.6 Å². The van der Waals surface area contributed by atoms with Gasteiger partial charge in [-0.2, -0.15) is 5.26 Å². The molecule has 2 rings (SSSR count). The van der Waals surface area contributed by atoms with Gasteiger partial charge in [0, 0.05) is 18.2 Å². The summed E-state index contributed by atoms with van der Waals surface area (Å²) >= 11 is 4.75. The molecular formula is C21H22BrN3O2S. The highest BCUT2D eigenvalue weighted by molar-refractivity contribution is 9.10. The van der Waals surface area contributed by atoms with E-state index < -0.39 is 11.0 Å². The molecule has 146 valence electrons. The number of carbonyl (C=O) groups is 1. The summed E-state index contributed by atoms with van der Waals surface area (Å²) in [4.78, 5) is 17.2. The Morgan fingerprint density at radius 3 is 2.86 bits per heavy atom. The van der Waals surface area contributed by atoms with Gasteiger partial charge in [-0.25, -0.2) is 4.98 Å². The Morgan fingerprint density at radius 2 is 2.14 bits per heavy atom. The van der Waals surface area contributed by atoms with E-state index in [0.717, 1.165) is 17.3 Å². The van der Waals surface area contributed by atoms with Crippen molar-refractivity contribution in [1.82, 2.24) is 10.3 Å². The maximum Gasteiger partial charge on any atom is 0.272 e. The molecule has 1 unspecified atom stereocenters. The van der Waals surface area contributed by atoms with Crippen molar-refractivity contribution in [2.24, 2.45) is 0 Å². The monoisotopic (exact) mass is 459 g/mol. The number of carbonyl (C=O) groups excluding carboxylic acids is 1. The molecule has 0 spiro atoms. The van der Waals surface area contributed by atoms with Crippen molar-refractivity contribution < 1.29 is 9.53 Å². The number of fused-ring (bicyclic) bond motifs is 1. The SMILES string of the molecule is CSC(Oc1nc2ccccc2cc1Br)C(=O)NC(C)(C)C#CCCCC#N. The van der Waals surface area contributed by atoms with Gasteiger partial charge in [0.2, 0.25) is 11.3 Å². The molecule has 28 heavy (non-hydrogen) atoms. The average molecular weight is 460 g/mol. The molecule has 1 atom stereocenters. The molecular weight excluding hydrogens is 438 g/mol. The van der Waals surface area contributed by atoms with Crippen LogP contribution in [0.25, 0.3) is 10.9 Å². The number of unbranched alkanes of at least 4 members (excludes halogenated alkanes) is 2. The van der Waals surface area contributed by atoms with Crippen molar-refractivity contribution in [2.45, 2.75) is 44.1 Å². The predicted molar refractivity (Wildman–Crippen MR) is 117 cm³/mol. The summed E-state index contributed by atoms with van der Waals surface area (Å²) in [6.07, 6.45) is 3.65. The van der Waals surface area contributed by atoms with E-state index in [1.165, 1.54) is 11.8 Å². The van der Waals surface area contributed by atoms with Gasteiger partial charge in [0.1, 0.15) is 0 Å². The number of nitrogens with zero attached hydrogens (tertiary/aromatic N) is 2. The van der Waals surface area contributed by atoms with Gasteiger partial charge in [0.15, 0.2) is 0 Å².